The summed E-state index contributed by atoms with van der Waals surface area (Å²) in [6, 6.07) is 6.65. The quantitative estimate of drug-likeness (QED) is 0.864. The van der Waals surface area contributed by atoms with Gasteiger partial charge in [0.1, 0.15) is 0 Å². The Kier molecular flexibility index (Phi) is 3.72. The minimum absolute atomic E-state index is 0.249. The molecule has 1 aliphatic heterocycles. The Morgan fingerprint density at radius 3 is 2.71 bits per heavy atom. The molecule has 0 saturated heterocycles. The molecule has 1 atom stereocenters. The van der Waals surface area contributed by atoms with Crippen molar-refractivity contribution in [3.63, 3.8) is 0 Å². The van der Waals surface area contributed by atoms with Crippen molar-refractivity contribution >= 4 is 5.69 Å². The number of aliphatic hydroxyl groups excluding tert-OH is 1. The van der Waals surface area contributed by atoms with Crippen LogP contribution >= 0.6 is 0 Å². The molecule has 1 aliphatic rings. The molecule has 0 aromatic heterocycles. The fourth-order valence-corrected chi connectivity index (χ4v) is 2.62. The highest BCUT2D eigenvalue weighted by atomic mass is 16.3. The molecule has 2 rings (SSSR count). The summed E-state index contributed by atoms with van der Waals surface area (Å²) in [4.78, 5) is 2.48. The van der Waals surface area contributed by atoms with Crippen LogP contribution < -0.4 is 4.90 Å². The normalized spacial score (nSPS) is 16.4. The molecule has 1 N–H and O–H groups in total. The van der Waals surface area contributed by atoms with E-state index in [2.05, 4.69) is 36.9 Å². The van der Waals surface area contributed by atoms with Crippen molar-refractivity contribution in [1.29, 1.82) is 0 Å². The smallest absolute Gasteiger partial charge is 0.0552 e. The first-order chi connectivity index (χ1) is 8.06. The van der Waals surface area contributed by atoms with Crippen molar-refractivity contribution in [3.8, 4) is 0 Å². The first-order valence-electron chi connectivity index (χ1n) is 6.61. The van der Waals surface area contributed by atoms with E-state index in [1.807, 2.05) is 6.92 Å². The summed E-state index contributed by atoms with van der Waals surface area (Å²) < 4.78 is 0. The number of aliphatic hydroxyl groups is 1. The van der Waals surface area contributed by atoms with Crippen LogP contribution in [0.2, 0.25) is 0 Å². The van der Waals surface area contributed by atoms with E-state index < -0.39 is 0 Å². The number of anilines is 1. The molecule has 0 bridgehead atoms. The largest absolute Gasteiger partial charge is 0.393 e. The molecule has 1 unspecified atom stereocenters. The summed E-state index contributed by atoms with van der Waals surface area (Å²) in [5, 5.41) is 9.41. The van der Waals surface area contributed by atoms with E-state index in [0.717, 1.165) is 25.9 Å². The fourth-order valence-electron chi connectivity index (χ4n) is 2.62. The maximum atomic E-state index is 9.41. The maximum Gasteiger partial charge on any atom is 0.0552 e. The van der Waals surface area contributed by atoms with Gasteiger partial charge in [-0.05, 0) is 42.9 Å². The number of rotatable bonds is 4. The zero-order chi connectivity index (χ0) is 12.4. The SMILES string of the molecule is CC(C)CN1CCc2cc(CC(C)O)ccc21. The second kappa shape index (κ2) is 5.09. The highest BCUT2D eigenvalue weighted by Gasteiger charge is 2.19. The predicted molar refractivity (Wildman–Crippen MR) is 72.6 cm³/mol. The summed E-state index contributed by atoms with van der Waals surface area (Å²) in [6.07, 6.45) is 1.66. The van der Waals surface area contributed by atoms with E-state index in [0.29, 0.717) is 5.92 Å². The number of hydrogen-bond acceptors (Lipinski definition) is 2. The predicted octanol–water partition coefficient (Wildman–Crippen LogP) is 2.63. The maximum absolute atomic E-state index is 9.41. The first-order valence-corrected chi connectivity index (χ1v) is 6.61. The van der Waals surface area contributed by atoms with Gasteiger partial charge in [-0.1, -0.05) is 26.0 Å². The Labute approximate surface area is 104 Å². The Balaban J connectivity index is 2.14. The van der Waals surface area contributed by atoms with Crippen molar-refractivity contribution in [2.75, 3.05) is 18.0 Å². The van der Waals surface area contributed by atoms with Gasteiger partial charge in [0, 0.05) is 18.8 Å². The van der Waals surface area contributed by atoms with Crippen LogP contribution in [0.25, 0.3) is 0 Å². The molecule has 0 spiro atoms. The zero-order valence-corrected chi connectivity index (χ0v) is 11.1. The third-order valence-corrected chi connectivity index (χ3v) is 3.25. The van der Waals surface area contributed by atoms with Crippen LogP contribution in [0.4, 0.5) is 5.69 Å². The van der Waals surface area contributed by atoms with Crippen LogP contribution in [0, 0.1) is 5.92 Å². The lowest BCUT2D eigenvalue weighted by molar-refractivity contribution is 0.195. The molecule has 94 valence electrons. The van der Waals surface area contributed by atoms with Gasteiger partial charge in [-0.15, -0.1) is 0 Å². The molecule has 0 radical (unpaired) electrons. The molecule has 2 nitrogen and oxygen atoms in total. The Morgan fingerprint density at radius 1 is 1.29 bits per heavy atom. The monoisotopic (exact) mass is 233 g/mol. The minimum atomic E-state index is -0.249. The van der Waals surface area contributed by atoms with Gasteiger partial charge < -0.3 is 10.0 Å². The Hall–Kier alpha value is -1.02. The van der Waals surface area contributed by atoms with Gasteiger partial charge in [-0.25, -0.2) is 0 Å². The summed E-state index contributed by atoms with van der Waals surface area (Å²) in [7, 11) is 0. The number of benzene rings is 1. The van der Waals surface area contributed by atoms with Gasteiger partial charge in [0.2, 0.25) is 0 Å². The standard InChI is InChI=1S/C15H23NO/c1-11(2)10-16-7-6-14-9-13(8-12(3)17)4-5-15(14)16/h4-5,9,11-12,17H,6-8,10H2,1-3H3. The molecule has 0 saturated carbocycles. The first kappa shape index (κ1) is 12.4. The van der Waals surface area contributed by atoms with Gasteiger partial charge >= 0.3 is 0 Å². The molecule has 1 aromatic carbocycles. The summed E-state index contributed by atoms with van der Waals surface area (Å²) in [6.45, 7) is 8.66. The minimum Gasteiger partial charge on any atom is -0.393 e. The third-order valence-electron chi connectivity index (χ3n) is 3.25. The van der Waals surface area contributed by atoms with Crippen molar-refractivity contribution in [2.24, 2.45) is 5.92 Å². The zero-order valence-electron chi connectivity index (χ0n) is 11.1. The van der Waals surface area contributed by atoms with E-state index in [-0.39, 0.29) is 6.10 Å². The number of hydrogen-bond donors (Lipinski definition) is 1. The molecule has 1 aromatic rings. The van der Waals surface area contributed by atoms with E-state index in [1.165, 1.54) is 16.8 Å². The van der Waals surface area contributed by atoms with Crippen LogP contribution in [-0.4, -0.2) is 24.3 Å². The summed E-state index contributed by atoms with van der Waals surface area (Å²) in [5.41, 5.74) is 4.10. The highest BCUT2D eigenvalue weighted by molar-refractivity contribution is 5.59. The highest BCUT2D eigenvalue weighted by Crippen LogP contribution is 2.29. The number of fused-ring (bicyclic) bond motifs is 1. The van der Waals surface area contributed by atoms with E-state index >= 15 is 0 Å². The van der Waals surface area contributed by atoms with Crippen LogP contribution in [0.1, 0.15) is 31.9 Å². The fraction of sp³-hybridized carbons (Fsp3) is 0.600. The van der Waals surface area contributed by atoms with Crippen LogP contribution in [0.3, 0.4) is 0 Å². The molecule has 1 heterocycles. The Bertz CT molecular complexity index is 385. The van der Waals surface area contributed by atoms with E-state index in [4.69, 9.17) is 0 Å². The average Bonchev–Trinajstić information content (AvgIpc) is 2.59. The molecule has 0 amide bonds. The summed E-state index contributed by atoms with van der Waals surface area (Å²) in [5.74, 6) is 0.707. The van der Waals surface area contributed by atoms with Gasteiger partial charge in [0.25, 0.3) is 0 Å². The van der Waals surface area contributed by atoms with Crippen molar-refractivity contribution in [2.45, 2.75) is 39.7 Å². The topological polar surface area (TPSA) is 23.5 Å². The van der Waals surface area contributed by atoms with Gasteiger partial charge in [0.15, 0.2) is 0 Å². The number of nitrogens with zero attached hydrogens (tertiary/aromatic N) is 1. The summed E-state index contributed by atoms with van der Waals surface area (Å²) >= 11 is 0. The van der Waals surface area contributed by atoms with Gasteiger partial charge in [-0.3, -0.25) is 0 Å². The lowest BCUT2D eigenvalue weighted by atomic mass is 10.0. The molecule has 2 heteroatoms. The van der Waals surface area contributed by atoms with Crippen LogP contribution in [-0.2, 0) is 12.8 Å². The lowest BCUT2D eigenvalue weighted by Gasteiger charge is -2.21. The van der Waals surface area contributed by atoms with Gasteiger partial charge in [-0.2, -0.15) is 0 Å². The molecular formula is C15H23NO. The lowest BCUT2D eigenvalue weighted by Crippen LogP contribution is -2.25. The van der Waals surface area contributed by atoms with E-state index in [9.17, 15) is 5.11 Å². The van der Waals surface area contributed by atoms with Crippen molar-refractivity contribution < 1.29 is 5.11 Å². The molecule has 0 aliphatic carbocycles. The van der Waals surface area contributed by atoms with Crippen molar-refractivity contribution in [1.82, 2.24) is 0 Å². The molecular weight excluding hydrogens is 210 g/mol. The second-order valence-corrected chi connectivity index (χ2v) is 5.61. The van der Waals surface area contributed by atoms with Crippen LogP contribution in [0.5, 0.6) is 0 Å². The Morgan fingerprint density at radius 2 is 2.06 bits per heavy atom. The second-order valence-electron chi connectivity index (χ2n) is 5.61. The molecule has 17 heavy (non-hydrogen) atoms. The van der Waals surface area contributed by atoms with E-state index in [1.54, 1.807) is 0 Å². The average molecular weight is 233 g/mol. The van der Waals surface area contributed by atoms with Crippen molar-refractivity contribution in [3.05, 3.63) is 29.3 Å². The molecule has 0 fully saturated rings. The van der Waals surface area contributed by atoms with Crippen LogP contribution in [0.15, 0.2) is 18.2 Å². The van der Waals surface area contributed by atoms with Gasteiger partial charge in [0.05, 0.1) is 6.10 Å². The third kappa shape index (κ3) is 3.01.